The zero-order valence-corrected chi connectivity index (χ0v) is 15.5. The Labute approximate surface area is 159 Å². The first kappa shape index (κ1) is 19.4. The number of aliphatic hydroxyl groups is 1. The van der Waals surface area contributed by atoms with Crippen LogP contribution in [0.25, 0.3) is 0 Å². The summed E-state index contributed by atoms with van der Waals surface area (Å²) in [6.45, 7) is 2.73. The van der Waals surface area contributed by atoms with Crippen molar-refractivity contribution < 1.29 is 24.5 Å². The molecule has 27 heavy (non-hydrogen) atoms. The minimum Gasteiger partial charge on any atom is -0.493 e. The summed E-state index contributed by atoms with van der Waals surface area (Å²) in [5, 5.41) is 19.2. The number of hydrogen-bond donors (Lipinski definition) is 2. The lowest BCUT2D eigenvalue weighted by atomic mass is 9.83. The summed E-state index contributed by atoms with van der Waals surface area (Å²) in [7, 11) is 0. The van der Waals surface area contributed by atoms with Crippen molar-refractivity contribution in [3.63, 3.8) is 0 Å². The molecule has 0 unspecified atom stereocenters. The number of aliphatic carboxylic acids is 1. The molecule has 0 bridgehead atoms. The van der Waals surface area contributed by atoms with Crippen LogP contribution in [0.3, 0.4) is 0 Å². The Bertz CT molecular complexity index is 739. The van der Waals surface area contributed by atoms with Crippen molar-refractivity contribution in [2.45, 2.75) is 38.6 Å². The Kier molecular flexibility index (Phi) is 6.48. The second kappa shape index (κ2) is 9.02. The number of carbonyl (C=O) groups is 1. The van der Waals surface area contributed by atoms with E-state index in [2.05, 4.69) is 12.1 Å². The highest BCUT2D eigenvalue weighted by atomic mass is 16.5. The molecule has 1 saturated carbocycles. The second-order valence-electron chi connectivity index (χ2n) is 7.21. The van der Waals surface area contributed by atoms with E-state index in [0.29, 0.717) is 30.4 Å². The van der Waals surface area contributed by atoms with E-state index in [0.717, 1.165) is 12.8 Å². The molecule has 0 radical (unpaired) electrons. The molecule has 0 aliphatic heterocycles. The van der Waals surface area contributed by atoms with Gasteiger partial charge in [0, 0.05) is 0 Å². The molecular weight excluding hydrogens is 344 g/mol. The Balaban J connectivity index is 1.41. The van der Waals surface area contributed by atoms with Crippen LogP contribution in [0, 0.1) is 11.8 Å². The van der Waals surface area contributed by atoms with E-state index in [1.165, 1.54) is 12.5 Å². The van der Waals surface area contributed by atoms with Gasteiger partial charge < -0.3 is 19.7 Å². The largest absolute Gasteiger partial charge is 0.493 e. The summed E-state index contributed by atoms with van der Waals surface area (Å²) in [4.78, 5) is 11.0. The fourth-order valence-corrected chi connectivity index (χ4v) is 3.16. The predicted molar refractivity (Wildman–Crippen MR) is 101 cm³/mol. The molecule has 0 heterocycles. The molecule has 0 aromatic heterocycles. The van der Waals surface area contributed by atoms with Crippen LogP contribution in [0.1, 0.15) is 37.0 Å². The molecule has 2 aromatic rings. The van der Waals surface area contributed by atoms with Crippen LogP contribution < -0.4 is 4.74 Å². The predicted octanol–water partition coefficient (Wildman–Crippen LogP) is 3.81. The number of hydrogen-bond acceptors (Lipinski definition) is 4. The van der Waals surface area contributed by atoms with E-state index in [4.69, 9.17) is 14.6 Å². The van der Waals surface area contributed by atoms with Crippen molar-refractivity contribution in [2.75, 3.05) is 6.61 Å². The van der Waals surface area contributed by atoms with Crippen LogP contribution in [-0.4, -0.2) is 28.9 Å². The number of ether oxygens (including phenoxy) is 2. The highest BCUT2D eigenvalue weighted by Crippen LogP contribution is 2.32. The lowest BCUT2D eigenvalue weighted by Crippen LogP contribution is -2.34. The van der Waals surface area contributed by atoms with E-state index in [9.17, 15) is 9.90 Å². The zero-order chi connectivity index (χ0) is 19.2. The Hall–Kier alpha value is -2.37. The van der Waals surface area contributed by atoms with Crippen molar-refractivity contribution in [1.29, 1.82) is 0 Å². The average Bonchev–Trinajstić information content (AvgIpc) is 2.66. The smallest absolute Gasteiger partial charge is 0.309 e. The standard InChI is InChI=1S/C22H26O5/c1-15(22(24)25)21(23)18-8-5-9-19(12-18)26-14-17-10-20(11-17)27-13-16-6-3-2-4-7-16/h2-9,12,15,17,20-21,23H,10-11,13-14H2,1H3,(H,24,25)/t15-,17?,20?,21+/m0/s1. The van der Waals surface area contributed by atoms with E-state index >= 15 is 0 Å². The summed E-state index contributed by atoms with van der Waals surface area (Å²) in [5.41, 5.74) is 1.74. The molecule has 144 valence electrons. The number of rotatable bonds is 9. The van der Waals surface area contributed by atoms with Gasteiger partial charge in [0.2, 0.25) is 0 Å². The molecule has 1 aliphatic carbocycles. The fraction of sp³-hybridized carbons (Fsp3) is 0.409. The topological polar surface area (TPSA) is 76.0 Å². The second-order valence-corrected chi connectivity index (χ2v) is 7.21. The van der Waals surface area contributed by atoms with Crippen LogP contribution in [-0.2, 0) is 16.1 Å². The van der Waals surface area contributed by atoms with E-state index < -0.39 is 18.0 Å². The number of aliphatic hydroxyl groups excluding tert-OH is 1. The van der Waals surface area contributed by atoms with Gasteiger partial charge in [0.25, 0.3) is 0 Å². The SMILES string of the molecule is C[C@H](C(=O)O)[C@@H](O)c1cccc(OCC2CC(OCc3ccccc3)C2)c1. The summed E-state index contributed by atoms with van der Waals surface area (Å²) in [5.74, 6) is -0.783. The molecule has 5 heteroatoms. The molecule has 2 N–H and O–H groups in total. The molecule has 2 aromatic carbocycles. The van der Waals surface area contributed by atoms with Crippen LogP contribution in [0.15, 0.2) is 54.6 Å². The maximum absolute atomic E-state index is 11.0. The van der Waals surface area contributed by atoms with Gasteiger partial charge in [-0.25, -0.2) is 0 Å². The van der Waals surface area contributed by atoms with Gasteiger partial charge in [0.1, 0.15) is 5.75 Å². The lowest BCUT2D eigenvalue weighted by molar-refractivity contribution is -0.145. The Morgan fingerprint density at radius 3 is 2.59 bits per heavy atom. The molecule has 2 atom stereocenters. The summed E-state index contributed by atoms with van der Waals surface area (Å²) >= 11 is 0. The molecule has 1 fully saturated rings. The first-order valence-corrected chi connectivity index (χ1v) is 9.32. The third-order valence-corrected chi connectivity index (χ3v) is 5.07. The zero-order valence-electron chi connectivity index (χ0n) is 15.5. The monoisotopic (exact) mass is 370 g/mol. The number of benzene rings is 2. The first-order valence-electron chi connectivity index (χ1n) is 9.32. The quantitative estimate of drug-likeness (QED) is 0.702. The normalized spacial score (nSPS) is 21.1. The fourth-order valence-electron chi connectivity index (χ4n) is 3.16. The highest BCUT2D eigenvalue weighted by molar-refractivity contribution is 5.70. The summed E-state index contributed by atoms with van der Waals surface area (Å²) in [6.07, 6.45) is 1.19. The minimum absolute atomic E-state index is 0.281. The molecule has 0 spiro atoms. The summed E-state index contributed by atoms with van der Waals surface area (Å²) in [6, 6.07) is 17.2. The average molecular weight is 370 g/mol. The third-order valence-electron chi connectivity index (χ3n) is 5.07. The highest BCUT2D eigenvalue weighted by Gasteiger charge is 2.30. The van der Waals surface area contributed by atoms with E-state index in [1.54, 1.807) is 18.2 Å². The van der Waals surface area contributed by atoms with Gasteiger partial charge in [-0.2, -0.15) is 0 Å². The van der Waals surface area contributed by atoms with Gasteiger partial charge >= 0.3 is 5.97 Å². The maximum atomic E-state index is 11.0. The van der Waals surface area contributed by atoms with E-state index in [-0.39, 0.29) is 6.10 Å². The van der Waals surface area contributed by atoms with Gasteiger partial charge in [-0.3, -0.25) is 4.79 Å². The van der Waals surface area contributed by atoms with Gasteiger partial charge in [-0.05, 0) is 48.9 Å². The van der Waals surface area contributed by atoms with Crippen LogP contribution in [0.2, 0.25) is 0 Å². The minimum atomic E-state index is -1.05. The van der Waals surface area contributed by atoms with Gasteiger partial charge in [0.05, 0.1) is 31.3 Å². The lowest BCUT2D eigenvalue weighted by Gasteiger charge is -2.35. The maximum Gasteiger partial charge on any atom is 0.309 e. The number of carboxylic acid groups (broad SMARTS) is 1. The Morgan fingerprint density at radius 2 is 1.89 bits per heavy atom. The number of carboxylic acids is 1. The molecule has 5 nitrogen and oxygen atoms in total. The first-order chi connectivity index (χ1) is 13.0. The third kappa shape index (κ3) is 5.31. The van der Waals surface area contributed by atoms with Crippen molar-refractivity contribution in [2.24, 2.45) is 11.8 Å². The molecule has 1 aliphatic rings. The molecular formula is C22H26O5. The van der Waals surface area contributed by atoms with Crippen LogP contribution in [0.4, 0.5) is 0 Å². The molecule has 0 saturated heterocycles. The Morgan fingerprint density at radius 1 is 1.15 bits per heavy atom. The van der Waals surface area contributed by atoms with Crippen LogP contribution in [0.5, 0.6) is 5.75 Å². The van der Waals surface area contributed by atoms with Crippen molar-refractivity contribution in [3.8, 4) is 5.75 Å². The van der Waals surface area contributed by atoms with Crippen molar-refractivity contribution in [3.05, 3.63) is 65.7 Å². The van der Waals surface area contributed by atoms with Crippen molar-refractivity contribution >= 4 is 5.97 Å². The van der Waals surface area contributed by atoms with Gasteiger partial charge in [0.15, 0.2) is 0 Å². The molecule has 0 amide bonds. The molecule has 3 rings (SSSR count). The van der Waals surface area contributed by atoms with Gasteiger partial charge in [-0.15, -0.1) is 0 Å². The van der Waals surface area contributed by atoms with Gasteiger partial charge in [-0.1, -0.05) is 42.5 Å². The van der Waals surface area contributed by atoms with Crippen molar-refractivity contribution in [1.82, 2.24) is 0 Å². The van der Waals surface area contributed by atoms with E-state index in [1.807, 2.05) is 24.3 Å². The van der Waals surface area contributed by atoms with Crippen LogP contribution >= 0.6 is 0 Å². The summed E-state index contributed by atoms with van der Waals surface area (Å²) < 4.78 is 11.7.